The van der Waals surface area contributed by atoms with Crippen LogP contribution in [0.2, 0.25) is 5.02 Å². The van der Waals surface area contributed by atoms with E-state index in [1.165, 1.54) is 0 Å². The maximum absolute atomic E-state index is 6.04. The van der Waals surface area contributed by atoms with E-state index in [2.05, 4.69) is 27.4 Å². The fraction of sp³-hybridized carbons (Fsp3) is 0.0500. The van der Waals surface area contributed by atoms with Crippen molar-refractivity contribution < 1.29 is 8.98 Å². The van der Waals surface area contributed by atoms with E-state index >= 15 is 0 Å². The number of furan rings is 1. The number of aromatic nitrogens is 1. The summed E-state index contributed by atoms with van der Waals surface area (Å²) in [6.07, 6.45) is 1.70. The zero-order valence-electron chi connectivity index (χ0n) is 13.4. The lowest BCUT2D eigenvalue weighted by molar-refractivity contribution is -0.660. The number of nitrogens with zero attached hydrogens (tertiary/aromatic N) is 1. The highest BCUT2D eigenvalue weighted by atomic mass is 35.5. The van der Waals surface area contributed by atoms with E-state index in [1.54, 1.807) is 17.6 Å². The molecule has 0 aliphatic carbocycles. The van der Waals surface area contributed by atoms with Gasteiger partial charge in [-0.05, 0) is 48.5 Å². The summed E-state index contributed by atoms with van der Waals surface area (Å²) in [6, 6.07) is 22.0. The summed E-state index contributed by atoms with van der Waals surface area (Å²) in [7, 11) is 0. The number of hydrogen-bond donors (Lipinski definition) is 1. The van der Waals surface area contributed by atoms with Crippen LogP contribution in [0.3, 0.4) is 0 Å². The van der Waals surface area contributed by atoms with E-state index in [0.717, 1.165) is 32.9 Å². The average Bonchev–Trinajstić information content (AvgIpc) is 3.28. The van der Waals surface area contributed by atoms with Crippen LogP contribution in [0.5, 0.6) is 0 Å². The van der Waals surface area contributed by atoms with Crippen molar-refractivity contribution in [1.29, 1.82) is 0 Å². The van der Waals surface area contributed by atoms with E-state index in [0.29, 0.717) is 6.54 Å². The van der Waals surface area contributed by atoms with Crippen LogP contribution < -0.4 is 9.88 Å². The van der Waals surface area contributed by atoms with Gasteiger partial charge in [0.2, 0.25) is 0 Å². The summed E-state index contributed by atoms with van der Waals surface area (Å²) < 4.78 is 7.78. The Labute approximate surface area is 155 Å². The van der Waals surface area contributed by atoms with Crippen LogP contribution in [0.1, 0.15) is 5.76 Å². The Kier molecular flexibility index (Phi) is 4.55. The molecule has 0 aliphatic heterocycles. The lowest BCUT2D eigenvalue weighted by atomic mass is 10.2. The molecule has 2 aromatic heterocycles. The summed E-state index contributed by atoms with van der Waals surface area (Å²) >= 11 is 7.70. The van der Waals surface area contributed by atoms with Crippen LogP contribution in [0.25, 0.3) is 11.3 Å². The predicted molar refractivity (Wildman–Crippen MR) is 102 cm³/mol. The molecule has 0 fully saturated rings. The molecule has 2 heterocycles. The topological polar surface area (TPSA) is 29.1 Å². The molecule has 0 aliphatic rings. The minimum atomic E-state index is 0.656. The van der Waals surface area contributed by atoms with Gasteiger partial charge in [-0.3, -0.25) is 0 Å². The van der Waals surface area contributed by atoms with Gasteiger partial charge in [-0.25, -0.2) is 9.88 Å². The molecule has 25 heavy (non-hydrogen) atoms. The largest absolute Gasteiger partial charge is 0.465 e. The van der Waals surface area contributed by atoms with E-state index < -0.39 is 0 Å². The van der Waals surface area contributed by atoms with Crippen molar-refractivity contribution in [3.05, 3.63) is 89.2 Å². The summed E-state index contributed by atoms with van der Waals surface area (Å²) in [5.74, 6) is 0.912. The molecule has 2 aromatic carbocycles. The third kappa shape index (κ3) is 3.60. The standard InChI is InChI=1S/C20H15ClN2OS/c21-16-10-8-15(9-11-16)19-14-25-20(22-17-5-2-1-3-6-17)23(19)13-18-7-4-12-24-18/h1-12,14H,13H2/p+1. The monoisotopic (exact) mass is 367 g/mol. The van der Waals surface area contributed by atoms with E-state index in [4.69, 9.17) is 16.0 Å². The van der Waals surface area contributed by atoms with Gasteiger partial charge in [0, 0.05) is 16.0 Å². The van der Waals surface area contributed by atoms with Crippen LogP contribution in [-0.2, 0) is 6.54 Å². The molecular weight excluding hydrogens is 352 g/mol. The Morgan fingerprint density at radius 1 is 0.960 bits per heavy atom. The quantitative estimate of drug-likeness (QED) is 0.455. The second kappa shape index (κ2) is 7.13. The van der Waals surface area contributed by atoms with Crippen LogP contribution in [0, 0.1) is 0 Å². The summed E-state index contributed by atoms with van der Waals surface area (Å²) in [5.41, 5.74) is 3.30. The van der Waals surface area contributed by atoms with Crippen LogP contribution in [0.4, 0.5) is 10.8 Å². The zero-order chi connectivity index (χ0) is 17.1. The van der Waals surface area contributed by atoms with Gasteiger partial charge in [0.1, 0.15) is 23.7 Å². The Morgan fingerprint density at radius 3 is 2.48 bits per heavy atom. The van der Waals surface area contributed by atoms with Crippen molar-refractivity contribution in [2.24, 2.45) is 0 Å². The van der Waals surface area contributed by atoms with Gasteiger partial charge >= 0.3 is 5.13 Å². The summed E-state index contributed by atoms with van der Waals surface area (Å²) in [6.45, 7) is 0.656. The molecule has 4 rings (SSSR count). The maximum Gasteiger partial charge on any atom is 0.339 e. The molecule has 124 valence electrons. The molecule has 0 spiro atoms. The van der Waals surface area contributed by atoms with Crippen LogP contribution >= 0.6 is 22.9 Å². The number of halogens is 1. The number of hydrogen-bond acceptors (Lipinski definition) is 3. The Hall–Kier alpha value is -2.56. The van der Waals surface area contributed by atoms with Crippen molar-refractivity contribution in [3.63, 3.8) is 0 Å². The highest BCUT2D eigenvalue weighted by molar-refractivity contribution is 7.13. The highest BCUT2D eigenvalue weighted by Crippen LogP contribution is 2.27. The molecular formula is C20H16ClN2OS+. The Bertz CT molecular complexity index is 947. The first-order chi connectivity index (χ1) is 12.3. The van der Waals surface area contributed by atoms with Crippen LogP contribution in [0.15, 0.2) is 82.8 Å². The lowest BCUT2D eigenvalue weighted by Crippen LogP contribution is -2.36. The first-order valence-electron chi connectivity index (χ1n) is 7.91. The fourth-order valence-electron chi connectivity index (χ4n) is 2.65. The van der Waals surface area contributed by atoms with Gasteiger partial charge in [-0.1, -0.05) is 41.1 Å². The second-order valence-corrected chi connectivity index (χ2v) is 6.88. The van der Waals surface area contributed by atoms with Gasteiger partial charge in [-0.15, -0.1) is 0 Å². The summed E-state index contributed by atoms with van der Waals surface area (Å²) in [4.78, 5) is 0. The Balaban J connectivity index is 1.74. The molecule has 0 amide bonds. The zero-order valence-corrected chi connectivity index (χ0v) is 14.9. The van der Waals surface area contributed by atoms with Crippen LogP contribution in [-0.4, -0.2) is 0 Å². The molecule has 0 saturated heterocycles. The van der Waals surface area contributed by atoms with Crippen molar-refractivity contribution in [2.75, 3.05) is 5.32 Å². The highest BCUT2D eigenvalue weighted by Gasteiger charge is 2.21. The van der Waals surface area contributed by atoms with Crippen molar-refractivity contribution in [3.8, 4) is 11.3 Å². The first kappa shape index (κ1) is 15.9. The van der Waals surface area contributed by atoms with Gasteiger partial charge < -0.3 is 4.42 Å². The molecule has 3 nitrogen and oxygen atoms in total. The van der Waals surface area contributed by atoms with Crippen molar-refractivity contribution in [2.45, 2.75) is 6.54 Å². The minimum absolute atomic E-state index is 0.656. The molecule has 0 saturated carbocycles. The molecule has 0 radical (unpaired) electrons. The lowest BCUT2D eigenvalue weighted by Gasteiger charge is -2.05. The van der Waals surface area contributed by atoms with E-state index in [1.807, 2.05) is 54.6 Å². The third-order valence-electron chi connectivity index (χ3n) is 3.88. The smallest absolute Gasteiger partial charge is 0.339 e. The number of anilines is 2. The number of thiazole rings is 1. The summed E-state index contributed by atoms with van der Waals surface area (Å²) in [5, 5.41) is 7.43. The molecule has 0 atom stereocenters. The van der Waals surface area contributed by atoms with Gasteiger partial charge in [0.25, 0.3) is 0 Å². The SMILES string of the molecule is Clc1ccc(-c2csc(Nc3ccccc3)[n+]2Cc2ccco2)cc1. The fourth-order valence-corrected chi connectivity index (χ4v) is 3.73. The normalized spacial score (nSPS) is 10.8. The molecule has 4 aromatic rings. The third-order valence-corrected chi connectivity index (χ3v) is 5.02. The maximum atomic E-state index is 6.04. The Morgan fingerprint density at radius 2 is 1.76 bits per heavy atom. The molecule has 1 N–H and O–H groups in total. The van der Waals surface area contributed by atoms with Gasteiger partial charge in [-0.2, -0.15) is 0 Å². The molecule has 0 bridgehead atoms. The van der Waals surface area contributed by atoms with Crippen molar-refractivity contribution >= 4 is 33.8 Å². The number of benzene rings is 2. The van der Waals surface area contributed by atoms with Gasteiger partial charge in [0.15, 0.2) is 0 Å². The first-order valence-corrected chi connectivity index (χ1v) is 9.17. The van der Waals surface area contributed by atoms with Gasteiger partial charge in [0.05, 0.1) is 6.26 Å². The van der Waals surface area contributed by atoms with E-state index in [-0.39, 0.29) is 0 Å². The molecule has 0 unspecified atom stereocenters. The number of rotatable bonds is 5. The minimum Gasteiger partial charge on any atom is -0.465 e. The molecule has 5 heteroatoms. The predicted octanol–water partition coefficient (Wildman–Crippen LogP) is 5.74. The van der Waals surface area contributed by atoms with E-state index in [9.17, 15) is 0 Å². The number of nitrogens with one attached hydrogen (secondary N) is 1. The van der Waals surface area contributed by atoms with Crippen molar-refractivity contribution in [1.82, 2.24) is 0 Å². The second-order valence-electron chi connectivity index (χ2n) is 5.59. The number of para-hydroxylation sites is 1. The average molecular weight is 368 g/mol.